The summed E-state index contributed by atoms with van der Waals surface area (Å²) in [5.74, 6) is 0.850. The van der Waals surface area contributed by atoms with Crippen LogP contribution in [0, 0.1) is 6.92 Å². The fraction of sp³-hybridized carbons (Fsp3) is 0.500. The van der Waals surface area contributed by atoms with Crippen molar-refractivity contribution in [1.82, 2.24) is 15.6 Å². The first-order valence-electron chi connectivity index (χ1n) is 9.40. The molecule has 1 aromatic carbocycles. The molecule has 1 aromatic heterocycles. The molecule has 0 radical (unpaired) electrons. The molecule has 1 fully saturated rings. The van der Waals surface area contributed by atoms with E-state index in [4.69, 9.17) is 9.98 Å². The smallest absolute Gasteiger partial charge is 0.191 e. The van der Waals surface area contributed by atoms with Crippen LogP contribution in [0.5, 0.6) is 0 Å². The van der Waals surface area contributed by atoms with E-state index in [2.05, 4.69) is 36.6 Å². The van der Waals surface area contributed by atoms with E-state index in [0.29, 0.717) is 12.6 Å². The van der Waals surface area contributed by atoms with Crippen LogP contribution in [0.4, 0.5) is 0 Å². The van der Waals surface area contributed by atoms with Gasteiger partial charge < -0.3 is 15.7 Å². The van der Waals surface area contributed by atoms with E-state index in [1.807, 2.05) is 18.2 Å². The van der Waals surface area contributed by atoms with Crippen LogP contribution in [0.25, 0.3) is 10.6 Å². The van der Waals surface area contributed by atoms with E-state index in [0.717, 1.165) is 54.5 Å². The molecular formula is C20H28N4OS. The molecule has 6 heteroatoms. The Bertz CT molecular complexity index is 721. The third-order valence-electron chi connectivity index (χ3n) is 4.68. The van der Waals surface area contributed by atoms with Gasteiger partial charge in [0.15, 0.2) is 5.96 Å². The third kappa shape index (κ3) is 5.05. The summed E-state index contributed by atoms with van der Waals surface area (Å²) in [6, 6.07) is 10.7. The maximum atomic E-state index is 9.66. The van der Waals surface area contributed by atoms with E-state index in [1.165, 1.54) is 4.88 Å². The number of hydrogen-bond donors (Lipinski definition) is 3. The number of hydrogen-bond acceptors (Lipinski definition) is 4. The topological polar surface area (TPSA) is 69.5 Å². The molecule has 2 aromatic rings. The van der Waals surface area contributed by atoms with Gasteiger partial charge in [0, 0.05) is 23.0 Å². The van der Waals surface area contributed by atoms with Gasteiger partial charge in [-0.2, -0.15) is 0 Å². The summed E-state index contributed by atoms with van der Waals surface area (Å²) in [5.41, 5.74) is 2.20. The van der Waals surface area contributed by atoms with E-state index in [-0.39, 0.29) is 6.10 Å². The number of thiazole rings is 1. The van der Waals surface area contributed by atoms with Gasteiger partial charge in [-0.25, -0.2) is 9.98 Å². The fourth-order valence-electron chi connectivity index (χ4n) is 3.16. The zero-order valence-corrected chi connectivity index (χ0v) is 16.4. The van der Waals surface area contributed by atoms with Gasteiger partial charge >= 0.3 is 0 Å². The number of nitrogens with one attached hydrogen (secondary N) is 2. The van der Waals surface area contributed by atoms with E-state index >= 15 is 0 Å². The lowest BCUT2D eigenvalue weighted by Gasteiger charge is -2.27. The van der Waals surface area contributed by atoms with Crippen LogP contribution >= 0.6 is 11.3 Å². The number of guanidine groups is 1. The number of aliphatic imine (C=N–C) groups is 1. The standard InChI is InChI=1S/C20H28N4OS/c1-3-21-20(24-16-9-11-17(25)12-10-16)22-13-18-14(2)23-19(26-18)15-7-5-4-6-8-15/h4-8,16-17,25H,3,9-13H2,1-2H3,(H2,21,22,24). The molecule has 1 saturated carbocycles. The number of aryl methyl sites for hydroxylation is 1. The summed E-state index contributed by atoms with van der Waals surface area (Å²) in [5, 5.41) is 17.6. The average molecular weight is 373 g/mol. The molecule has 0 atom stereocenters. The van der Waals surface area contributed by atoms with Gasteiger partial charge in [0.1, 0.15) is 5.01 Å². The SMILES string of the molecule is CCNC(=NCc1sc(-c2ccccc2)nc1C)NC1CCC(O)CC1. The number of aromatic nitrogens is 1. The second-order valence-electron chi connectivity index (χ2n) is 6.74. The number of aliphatic hydroxyl groups excluding tert-OH is 1. The first kappa shape index (κ1) is 18.9. The van der Waals surface area contributed by atoms with Crippen LogP contribution in [0.2, 0.25) is 0 Å². The van der Waals surface area contributed by atoms with Crippen molar-refractivity contribution in [1.29, 1.82) is 0 Å². The highest BCUT2D eigenvalue weighted by Gasteiger charge is 2.20. The van der Waals surface area contributed by atoms with Crippen molar-refractivity contribution in [2.24, 2.45) is 4.99 Å². The minimum Gasteiger partial charge on any atom is -0.393 e. The zero-order valence-electron chi connectivity index (χ0n) is 15.5. The van der Waals surface area contributed by atoms with Crippen molar-refractivity contribution >= 4 is 17.3 Å². The van der Waals surface area contributed by atoms with Gasteiger partial charge in [-0.3, -0.25) is 0 Å². The lowest BCUT2D eigenvalue weighted by Crippen LogP contribution is -2.45. The predicted molar refractivity (Wildman–Crippen MR) is 109 cm³/mol. The summed E-state index contributed by atoms with van der Waals surface area (Å²) in [6.45, 7) is 5.59. The average Bonchev–Trinajstić information content (AvgIpc) is 3.03. The Balaban J connectivity index is 1.66. The Morgan fingerprint density at radius 2 is 1.96 bits per heavy atom. The minimum absolute atomic E-state index is 0.135. The van der Waals surface area contributed by atoms with Crippen LogP contribution in [0.3, 0.4) is 0 Å². The zero-order chi connectivity index (χ0) is 18.4. The first-order chi connectivity index (χ1) is 12.7. The van der Waals surface area contributed by atoms with Crippen molar-refractivity contribution in [3.8, 4) is 10.6 Å². The molecule has 1 heterocycles. The molecule has 140 valence electrons. The lowest BCUT2D eigenvalue weighted by atomic mass is 9.93. The Labute approximate surface area is 159 Å². The Morgan fingerprint density at radius 1 is 1.23 bits per heavy atom. The van der Waals surface area contributed by atoms with Gasteiger partial charge in [0.25, 0.3) is 0 Å². The van der Waals surface area contributed by atoms with Crippen LogP contribution in [-0.2, 0) is 6.54 Å². The minimum atomic E-state index is -0.135. The normalized spacial score (nSPS) is 20.8. The quantitative estimate of drug-likeness (QED) is 0.555. The predicted octanol–water partition coefficient (Wildman–Crippen LogP) is 3.48. The van der Waals surface area contributed by atoms with Crippen molar-refractivity contribution in [3.05, 3.63) is 40.9 Å². The largest absolute Gasteiger partial charge is 0.393 e. The highest BCUT2D eigenvalue weighted by Crippen LogP contribution is 2.28. The van der Waals surface area contributed by atoms with E-state index in [9.17, 15) is 5.11 Å². The summed E-state index contributed by atoms with van der Waals surface area (Å²) >= 11 is 1.71. The highest BCUT2D eigenvalue weighted by atomic mass is 32.1. The molecular weight excluding hydrogens is 344 g/mol. The summed E-state index contributed by atoms with van der Waals surface area (Å²) in [6.07, 6.45) is 3.58. The molecule has 26 heavy (non-hydrogen) atoms. The van der Waals surface area contributed by atoms with Crippen molar-refractivity contribution in [2.45, 2.75) is 58.2 Å². The van der Waals surface area contributed by atoms with Crippen LogP contribution in [0.15, 0.2) is 35.3 Å². The molecule has 3 rings (SSSR count). The maximum Gasteiger partial charge on any atom is 0.191 e. The van der Waals surface area contributed by atoms with Crippen molar-refractivity contribution in [3.63, 3.8) is 0 Å². The Kier molecular flexibility index (Phi) is 6.63. The van der Waals surface area contributed by atoms with Crippen LogP contribution in [0.1, 0.15) is 43.2 Å². The van der Waals surface area contributed by atoms with E-state index < -0.39 is 0 Å². The molecule has 3 N–H and O–H groups in total. The molecule has 0 unspecified atom stereocenters. The molecule has 1 aliphatic carbocycles. The molecule has 0 aliphatic heterocycles. The number of aliphatic hydroxyl groups is 1. The van der Waals surface area contributed by atoms with Gasteiger partial charge in [0.2, 0.25) is 0 Å². The van der Waals surface area contributed by atoms with Crippen molar-refractivity contribution in [2.75, 3.05) is 6.54 Å². The number of nitrogens with zero attached hydrogens (tertiary/aromatic N) is 2. The van der Waals surface area contributed by atoms with Gasteiger partial charge in [-0.1, -0.05) is 30.3 Å². The number of benzene rings is 1. The maximum absolute atomic E-state index is 9.66. The Hall–Kier alpha value is -1.92. The third-order valence-corrected chi connectivity index (χ3v) is 5.87. The number of rotatable bonds is 5. The second-order valence-corrected chi connectivity index (χ2v) is 7.82. The highest BCUT2D eigenvalue weighted by molar-refractivity contribution is 7.15. The molecule has 5 nitrogen and oxygen atoms in total. The van der Waals surface area contributed by atoms with Crippen LogP contribution < -0.4 is 10.6 Å². The molecule has 0 spiro atoms. The van der Waals surface area contributed by atoms with Gasteiger partial charge in [0.05, 0.1) is 18.3 Å². The fourth-order valence-corrected chi connectivity index (χ4v) is 4.16. The first-order valence-corrected chi connectivity index (χ1v) is 10.2. The lowest BCUT2D eigenvalue weighted by molar-refractivity contribution is 0.120. The summed E-state index contributed by atoms with van der Waals surface area (Å²) in [7, 11) is 0. The molecule has 1 aliphatic rings. The Morgan fingerprint density at radius 3 is 2.65 bits per heavy atom. The molecule has 0 bridgehead atoms. The summed E-state index contributed by atoms with van der Waals surface area (Å²) in [4.78, 5) is 10.7. The van der Waals surface area contributed by atoms with Gasteiger partial charge in [-0.05, 0) is 39.5 Å². The second kappa shape index (κ2) is 9.14. The molecule has 0 amide bonds. The van der Waals surface area contributed by atoms with E-state index in [1.54, 1.807) is 11.3 Å². The summed E-state index contributed by atoms with van der Waals surface area (Å²) < 4.78 is 0. The monoisotopic (exact) mass is 372 g/mol. The van der Waals surface area contributed by atoms with Gasteiger partial charge in [-0.15, -0.1) is 11.3 Å². The molecule has 0 saturated heterocycles. The van der Waals surface area contributed by atoms with Crippen molar-refractivity contribution < 1.29 is 5.11 Å². The van der Waals surface area contributed by atoms with Crippen LogP contribution in [-0.4, -0.2) is 34.7 Å².